The maximum Gasteiger partial charge on any atom is 0.343 e. The van der Waals surface area contributed by atoms with E-state index in [0.29, 0.717) is 34.9 Å². The summed E-state index contributed by atoms with van der Waals surface area (Å²) in [5, 5.41) is 48.5. The van der Waals surface area contributed by atoms with E-state index in [4.69, 9.17) is 30.9 Å². The zero-order valence-electron chi connectivity index (χ0n) is 34.5. The Balaban J connectivity index is 1.01. The molecule has 7 aromatic carbocycles. The Morgan fingerprint density at radius 3 is 1.93 bits per heavy atom. The smallest absolute Gasteiger partial charge is 0.343 e. The van der Waals surface area contributed by atoms with E-state index in [2.05, 4.69) is 40.1 Å². The van der Waals surface area contributed by atoms with Crippen LogP contribution in [0.2, 0.25) is 0 Å². The fraction of sp³-hybridized carbons (Fsp3) is 0.0222. The number of nitrogens with two attached hydrogens (primary N) is 2. The highest BCUT2D eigenvalue weighted by atomic mass is 32.2. The van der Waals surface area contributed by atoms with Gasteiger partial charge in [0.2, 0.25) is 0 Å². The van der Waals surface area contributed by atoms with Crippen molar-refractivity contribution in [2.75, 3.05) is 18.6 Å². The summed E-state index contributed by atoms with van der Waals surface area (Å²) in [5.41, 5.74) is 14.2. The van der Waals surface area contributed by atoms with Crippen LogP contribution in [0.15, 0.2) is 180 Å². The molecule has 0 unspecified atom stereocenters. The van der Waals surface area contributed by atoms with Gasteiger partial charge < -0.3 is 30.8 Å². The molecule has 0 radical (unpaired) electrons. The van der Waals surface area contributed by atoms with Gasteiger partial charge in [0.25, 0.3) is 10.1 Å². The lowest BCUT2D eigenvalue weighted by molar-refractivity contribution is -0.432. The molecule has 0 amide bonds. The van der Waals surface area contributed by atoms with Crippen LogP contribution in [-0.4, -0.2) is 42.4 Å². The predicted molar refractivity (Wildman–Crippen MR) is 246 cm³/mol. The van der Waals surface area contributed by atoms with Crippen molar-refractivity contribution in [3.8, 4) is 23.0 Å². The lowest BCUT2D eigenvalue weighted by Crippen LogP contribution is -2.09. The highest BCUT2D eigenvalue weighted by molar-refractivity contribution is 7.94. The number of phenolic OH excluding ortho intramolecular Hbond substituents is 1. The highest BCUT2D eigenvalue weighted by Gasteiger charge is 2.26. The van der Waals surface area contributed by atoms with Gasteiger partial charge in [0.1, 0.15) is 39.2 Å². The van der Waals surface area contributed by atoms with Gasteiger partial charge in [0.05, 0.1) is 63.4 Å². The lowest BCUT2D eigenvalue weighted by atomic mass is 10.1. The number of phenols is 1. The number of esters is 2. The minimum atomic E-state index is -4.95. The van der Waals surface area contributed by atoms with Crippen molar-refractivity contribution in [3.63, 3.8) is 0 Å². The van der Waals surface area contributed by atoms with Crippen LogP contribution in [0.1, 0.15) is 15.9 Å². The number of rotatable bonds is 16. The van der Waals surface area contributed by atoms with Crippen LogP contribution >= 0.6 is 12.0 Å². The molecular weight excluding hydrogens is 909 g/mol. The quantitative estimate of drug-likeness (QED) is 0.00692. The zero-order chi connectivity index (χ0) is 47.5. The number of benzene rings is 7. The predicted octanol–water partition coefficient (Wildman–Crippen LogP) is 11.5. The maximum atomic E-state index is 12.9. The first-order valence-electron chi connectivity index (χ1n) is 19.2. The summed E-state index contributed by atoms with van der Waals surface area (Å²) < 4.78 is 55.3. The molecule has 0 saturated heterocycles. The molecule has 0 saturated carbocycles. The number of hydrogen-bond donors (Lipinski definition) is 5. The van der Waals surface area contributed by atoms with Gasteiger partial charge in [0.15, 0.2) is 5.75 Å². The van der Waals surface area contributed by atoms with E-state index in [1.807, 2.05) is 0 Å². The Morgan fingerprint density at radius 1 is 0.687 bits per heavy atom. The van der Waals surface area contributed by atoms with E-state index in [0.717, 1.165) is 11.6 Å². The van der Waals surface area contributed by atoms with Crippen LogP contribution in [-0.2, 0) is 24.3 Å². The molecule has 338 valence electrons. The van der Waals surface area contributed by atoms with E-state index in [1.165, 1.54) is 54.6 Å². The maximum absolute atomic E-state index is 12.9. The number of ether oxygens (including phenoxy) is 3. The van der Waals surface area contributed by atoms with Crippen LogP contribution in [0, 0.1) is 0 Å². The number of carbonyl (C=O) groups excluding carboxylic acids is 2. The third-order valence-corrected chi connectivity index (χ3v) is 10.7. The van der Waals surface area contributed by atoms with Gasteiger partial charge in [-0.3, -0.25) is 4.55 Å². The van der Waals surface area contributed by atoms with Gasteiger partial charge in [-0.05, 0) is 114 Å². The molecular formula is C45H34N8O12S2. The third-order valence-electron chi connectivity index (χ3n) is 9.20. The van der Waals surface area contributed by atoms with Crippen LogP contribution in [0.4, 0.5) is 45.5 Å². The monoisotopic (exact) mass is 942 g/mol. The standard InChI is InChI=1S/C45H34N8O12S2/c1-61-32-16-7-26(8-17-32)9-22-39(54)62-33-18-10-27(11-19-33)45(56)63-34-20-21-36(35(46)25-34)51-48-30-12-14-31(15-13-30)50-52-42-37(66-65-64-57)23-28-24-38(67(58,59)60)43(44(55)40(28)41(42)47)53-49-29-5-3-2-4-6-29/h2-25,55,57H,46-47H2,1H3,(H,58,59,60)/b22-9?,51-48+,52-50+,53-49?. The molecule has 67 heavy (non-hydrogen) atoms. The molecule has 20 nitrogen and oxygen atoms in total. The zero-order valence-corrected chi connectivity index (χ0v) is 36.2. The Hall–Kier alpha value is -8.38. The molecule has 0 spiro atoms. The fourth-order valence-corrected chi connectivity index (χ4v) is 7.14. The summed E-state index contributed by atoms with van der Waals surface area (Å²) >= 11 is 0.435. The Kier molecular flexibility index (Phi) is 14.7. The molecule has 7 rings (SSSR count). The van der Waals surface area contributed by atoms with E-state index >= 15 is 0 Å². The second-order valence-corrected chi connectivity index (χ2v) is 15.8. The Morgan fingerprint density at radius 2 is 1.30 bits per heavy atom. The number of nitrogen functional groups attached to an aromatic ring is 2. The van der Waals surface area contributed by atoms with Crippen LogP contribution in [0.3, 0.4) is 0 Å². The lowest BCUT2D eigenvalue weighted by Gasteiger charge is -2.14. The van der Waals surface area contributed by atoms with Crippen LogP contribution < -0.4 is 25.7 Å². The van der Waals surface area contributed by atoms with Crippen molar-refractivity contribution < 1.29 is 56.5 Å². The minimum absolute atomic E-state index is 0.00922. The van der Waals surface area contributed by atoms with Crippen molar-refractivity contribution in [2.24, 2.45) is 30.7 Å². The molecule has 7 aromatic rings. The number of aromatic hydroxyl groups is 1. The third kappa shape index (κ3) is 11.9. The number of anilines is 2. The summed E-state index contributed by atoms with van der Waals surface area (Å²) in [6.45, 7) is 0. The van der Waals surface area contributed by atoms with E-state index in [9.17, 15) is 27.7 Å². The molecule has 0 heterocycles. The summed E-state index contributed by atoms with van der Waals surface area (Å²) in [7, 11) is -3.39. The van der Waals surface area contributed by atoms with Gasteiger partial charge in [-0.2, -0.15) is 23.8 Å². The minimum Gasteiger partial charge on any atom is -0.505 e. The van der Waals surface area contributed by atoms with Crippen molar-refractivity contribution in [2.45, 2.75) is 9.79 Å². The number of carbonyl (C=O) groups is 2. The summed E-state index contributed by atoms with van der Waals surface area (Å²) in [4.78, 5) is 24.4. The molecule has 22 heteroatoms. The normalized spacial score (nSPS) is 11.9. The van der Waals surface area contributed by atoms with E-state index in [1.54, 1.807) is 92.0 Å². The number of azo groups is 3. The molecule has 0 aliphatic rings. The first-order chi connectivity index (χ1) is 32.3. The van der Waals surface area contributed by atoms with Crippen molar-refractivity contribution in [3.05, 3.63) is 151 Å². The average Bonchev–Trinajstić information content (AvgIpc) is 3.32. The van der Waals surface area contributed by atoms with Gasteiger partial charge in [-0.15, -0.1) is 19.7 Å². The molecule has 0 atom stereocenters. The summed E-state index contributed by atoms with van der Waals surface area (Å²) in [6, 6.07) is 34.1. The Bertz CT molecular complexity index is 3190. The average molecular weight is 943 g/mol. The van der Waals surface area contributed by atoms with Crippen molar-refractivity contribution >= 4 is 96.4 Å². The van der Waals surface area contributed by atoms with Crippen molar-refractivity contribution in [1.29, 1.82) is 0 Å². The second kappa shape index (κ2) is 21.1. The summed E-state index contributed by atoms with van der Waals surface area (Å²) in [6.07, 6.45) is 2.88. The van der Waals surface area contributed by atoms with Gasteiger partial charge in [0, 0.05) is 12.1 Å². The topological polar surface area (TPSA) is 301 Å². The highest BCUT2D eigenvalue weighted by Crippen LogP contribution is 2.49. The molecule has 0 fully saturated rings. The SMILES string of the molecule is COc1ccc(C=CC(=O)Oc2ccc(C(=O)Oc3ccc(/N=N/c4ccc(/N=N/c5c(SOOO)cc6cc(S(=O)(=O)O)c(N=Nc7ccccc7)c(O)c6c5N)cc4)c(N)c3)cc2)cc1. The first-order valence-corrected chi connectivity index (χ1v) is 21.4. The van der Waals surface area contributed by atoms with Gasteiger partial charge >= 0.3 is 11.9 Å². The molecule has 0 aliphatic heterocycles. The van der Waals surface area contributed by atoms with E-state index < -0.39 is 38.4 Å². The number of fused-ring (bicyclic) bond motifs is 1. The van der Waals surface area contributed by atoms with Crippen LogP contribution in [0.5, 0.6) is 23.0 Å². The van der Waals surface area contributed by atoms with E-state index in [-0.39, 0.29) is 55.5 Å². The first kappa shape index (κ1) is 46.6. The number of methoxy groups -OCH3 is 1. The molecule has 7 N–H and O–H groups in total. The van der Waals surface area contributed by atoms with Crippen molar-refractivity contribution in [1.82, 2.24) is 0 Å². The second-order valence-electron chi connectivity index (χ2n) is 13.6. The largest absolute Gasteiger partial charge is 0.505 e. The number of hydrogen-bond acceptors (Lipinski definition) is 20. The number of nitrogens with zero attached hydrogens (tertiary/aromatic N) is 6. The van der Waals surface area contributed by atoms with Gasteiger partial charge in [-0.1, -0.05) is 35.4 Å². The molecule has 0 aromatic heterocycles. The van der Waals surface area contributed by atoms with Crippen LogP contribution in [0.25, 0.3) is 16.8 Å². The fourth-order valence-electron chi connectivity index (χ4n) is 5.97. The Labute approximate surface area is 384 Å². The molecule has 0 bridgehead atoms. The molecule has 0 aliphatic carbocycles. The summed E-state index contributed by atoms with van der Waals surface area (Å²) in [5.74, 6) is -0.964. The van der Waals surface area contributed by atoms with Gasteiger partial charge in [-0.25, -0.2) is 14.8 Å².